The Bertz CT molecular complexity index is 1180. The van der Waals surface area contributed by atoms with E-state index in [1.165, 1.54) is 29.6 Å². The highest BCUT2D eigenvalue weighted by Crippen LogP contribution is 2.40. The predicted octanol–water partition coefficient (Wildman–Crippen LogP) is -0.880. The van der Waals surface area contributed by atoms with Crippen molar-refractivity contribution >= 4 is 57.8 Å². The van der Waals surface area contributed by atoms with E-state index >= 15 is 0 Å². The van der Waals surface area contributed by atoms with Gasteiger partial charge in [-0.3, -0.25) is 24.0 Å². The number of hydrogen-bond acceptors (Lipinski definition) is 11. The summed E-state index contributed by atoms with van der Waals surface area (Å²) in [6.45, 7) is 3.43. The van der Waals surface area contributed by atoms with Crippen LogP contribution in [0.2, 0.25) is 0 Å². The van der Waals surface area contributed by atoms with Crippen molar-refractivity contribution in [2.75, 3.05) is 44.8 Å². The summed E-state index contributed by atoms with van der Waals surface area (Å²) in [5, 5.41) is 15.9. The van der Waals surface area contributed by atoms with E-state index in [-0.39, 0.29) is 22.4 Å². The smallest absolute Gasteiger partial charge is 0.352 e. The first-order chi connectivity index (χ1) is 16.9. The fourth-order valence-electron chi connectivity index (χ4n) is 4.92. The molecule has 4 aliphatic heterocycles. The van der Waals surface area contributed by atoms with Gasteiger partial charge in [-0.05, 0) is 6.42 Å². The largest absolute Gasteiger partial charge is 0.477 e. The highest BCUT2D eigenvalue weighted by molar-refractivity contribution is 8.00. The molecule has 0 unspecified atom stereocenters. The van der Waals surface area contributed by atoms with Gasteiger partial charge in [-0.2, -0.15) is 9.36 Å². The van der Waals surface area contributed by atoms with Crippen LogP contribution in [0.4, 0.5) is 5.13 Å². The number of oxime groups is 1. The molecular formula is C20H25N8O5S2+. The summed E-state index contributed by atoms with van der Waals surface area (Å²) in [5.74, 6) is -0.627. The molecule has 1 aromatic rings. The topological polar surface area (TPSA) is 166 Å². The Labute approximate surface area is 208 Å². The Morgan fingerprint density at radius 3 is 2.89 bits per heavy atom. The molecule has 0 bridgehead atoms. The molecule has 5 rings (SSSR count). The number of thioether (sulfide) groups is 1. The van der Waals surface area contributed by atoms with E-state index < -0.39 is 29.2 Å². The minimum atomic E-state index is -1.14. The van der Waals surface area contributed by atoms with Gasteiger partial charge in [0.2, 0.25) is 17.4 Å². The molecule has 1 saturated heterocycles. The van der Waals surface area contributed by atoms with Crippen molar-refractivity contribution in [1.29, 1.82) is 0 Å². The third kappa shape index (κ3) is 4.22. The number of nitrogens with zero attached hydrogens (tertiary/aromatic N) is 6. The summed E-state index contributed by atoms with van der Waals surface area (Å²) in [5.41, 5.74) is 6.10. The highest BCUT2D eigenvalue weighted by Gasteiger charge is 2.55. The van der Waals surface area contributed by atoms with Gasteiger partial charge in [-0.1, -0.05) is 5.16 Å². The Morgan fingerprint density at radius 2 is 2.17 bits per heavy atom. The van der Waals surface area contributed by atoms with Gasteiger partial charge in [-0.15, -0.1) is 11.8 Å². The summed E-state index contributed by atoms with van der Waals surface area (Å²) in [4.78, 5) is 50.3. The van der Waals surface area contributed by atoms with Crippen molar-refractivity contribution < 1.29 is 28.9 Å². The van der Waals surface area contributed by atoms with Crippen LogP contribution >= 0.6 is 23.3 Å². The minimum absolute atomic E-state index is 0.0136. The number of nitrogens with one attached hydrogen (secondary N) is 1. The lowest BCUT2D eigenvalue weighted by molar-refractivity contribution is -0.529. The number of carboxylic acids is 1. The van der Waals surface area contributed by atoms with E-state index in [2.05, 4.69) is 29.3 Å². The van der Waals surface area contributed by atoms with Crippen LogP contribution < -0.4 is 11.1 Å². The third-order valence-corrected chi connectivity index (χ3v) is 8.27. The minimum Gasteiger partial charge on any atom is -0.477 e. The molecule has 5 heterocycles. The zero-order chi connectivity index (χ0) is 24.7. The zero-order valence-electron chi connectivity index (χ0n) is 19.0. The second-order valence-electron chi connectivity index (χ2n) is 8.48. The summed E-state index contributed by atoms with van der Waals surface area (Å²) < 4.78 is 6.34. The molecule has 15 heteroatoms. The van der Waals surface area contributed by atoms with E-state index in [1.807, 2.05) is 0 Å². The second kappa shape index (κ2) is 9.45. The van der Waals surface area contributed by atoms with E-state index in [0.29, 0.717) is 17.9 Å². The lowest BCUT2D eigenvalue weighted by atomic mass is 10.0. The molecule has 0 radical (unpaired) electrons. The van der Waals surface area contributed by atoms with E-state index in [4.69, 9.17) is 10.6 Å². The summed E-state index contributed by atoms with van der Waals surface area (Å²) in [7, 11) is 1.27. The lowest BCUT2D eigenvalue weighted by Crippen LogP contribution is -2.71. The molecule has 186 valence electrons. The molecule has 13 nitrogen and oxygen atoms in total. The van der Waals surface area contributed by atoms with Crippen molar-refractivity contribution in [3.8, 4) is 0 Å². The monoisotopic (exact) mass is 521 g/mol. The highest BCUT2D eigenvalue weighted by atomic mass is 32.2. The molecule has 4 aliphatic rings. The van der Waals surface area contributed by atoms with Crippen LogP contribution in [0.1, 0.15) is 25.1 Å². The number of carbonyl (C=O) groups excluding carboxylic acids is 2. The Balaban J connectivity index is 1.33. The van der Waals surface area contributed by atoms with Gasteiger partial charge in [0.15, 0.2) is 5.13 Å². The molecular weight excluding hydrogens is 496 g/mol. The van der Waals surface area contributed by atoms with Crippen LogP contribution in [0.25, 0.3) is 0 Å². The third-order valence-electron chi connectivity index (χ3n) is 6.38. The SMILES string of the molecule is CO/N=C(\C(=O)N[C@@H]1C(=O)N2C(C(=O)O)=C(CN3CCC[N+]4=C3CCC4)CS[C@H]12)c1nsc(N)n1. The first kappa shape index (κ1) is 23.5. The Morgan fingerprint density at radius 1 is 1.37 bits per heavy atom. The number of nitrogens with two attached hydrogens (primary N) is 1. The predicted molar refractivity (Wildman–Crippen MR) is 128 cm³/mol. The number of amides is 2. The quantitative estimate of drug-likeness (QED) is 0.177. The summed E-state index contributed by atoms with van der Waals surface area (Å²) in [6, 6.07) is -0.906. The molecule has 1 aromatic heterocycles. The van der Waals surface area contributed by atoms with E-state index in [1.54, 1.807) is 0 Å². The number of carboxylic acid groups (broad SMARTS) is 1. The van der Waals surface area contributed by atoms with Gasteiger partial charge in [0, 0.05) is 29.3 Å². The molecule has 4 N–H and O–H groups in total. The number of rotatable bonds is 7. The average Bonchev–Trinajstić information content (AvgIpc) is 3.49. The van der Waals surface area contributed by atoms with Crippen molar-refractivity contribution in [1.82, 2.24) is 24.5 Å². The van der Waals surface area contributed by atoms with Gasteiger partial charge in [0.25, 0.3) is 11.8 Å². The number of carbonyl (C=O) groups is 3. The van der Waals surface area contributed by atoms with E-state index in [9.17, 15) is 19.5 Å². The average molecular weight is 522 g/mol. The van der Waals surface area contributed by atoms with Crippen molar-refractivity contribution in [2.24, 2.45) is 5.16 Å². The molecule has 0 saturated carbocycles. The van der Waals surface area contributed by atoms with Crippen molar-refractivity contribution in [3.63, 3.8) is 0 Å². The van der Waals surface area contributed by atoms with Crippen molar-refractivity contribution in [2.45, 2.75) is 30.7 Å². The van der Waals surface area contributed by atoms with Crippen LogP contribution in [0.5, 0.6) is 0 Å². The van der Waals surface area contributed by atoms with Gasteiger partial charge >= 0.3 is 5.97 Å². The molecule has 35 heavy (non-hydrogen) atoms. The maximum Gasteiger partial charge on any atom is 0.352 e. The normalized spacial score (nSPS) is 24.3. The molecule has 1 fully saturated rings. The van der Waals surface area contributed by atoms with Crippen LogP contribution in [0, 0.1) is 0 Å². The number of hydrogen-bond donors (Lipinski definition) is 3. The Kier molecular flexibility index (Phi) is 6.35. The van der Waals surface area contributed by atoms with Gasteiger partial charge in [0.1, 0.15) is 30.8 Å². The number of amidine groups is 1. The summed E-state index contributed by atoms with van der Waals surface area (Å²) in [6.07, 6.45) is 3.13. The number of aliphatic carboxylic acids is 1. The first-order valence-corrected chi connectivity index (χ1v) is 13.0. The van der Waals surface area contributed by atoms with E-state index in [0.717, 1.165) is 50.4 Å². The van der Waals surface area contributed by atoms with Crippen molar-refractivity contribution in [3.05, 3.63) is 17.1 Å². The molecule has 0 aromatic carbocycles. The maximum atomic E-state index is 13.0. The van der Waals surface area contributed by atoms with Gasteiger partial charge in [-0.25, -0.2) is 4.79 Å². The number of nitrogen functional groups attached to an aromatic ring is 1. The summed E-state index contributed by atoms with van der Waals surface area (Å²) >= 11 is 2.33. The number of fused-ring (bicyclic) bond motifs is 1. The van der Waals surface area contributed by atoms with Crippen LogP contribution in [0.3, 0.4) is 0 Å². The van der Waals surface area contributed by atoms with Crippen LogP contribution in [0.15, 0.2) is 16.4 Å². The maximum absolute atomic E-state index is 13.0. The number of aromatic nitrogens is 2. The Hall–Kier alpha value is -3.20. The first-order valence-electron chi connectivity index (χ1n) is 11.2. The van der Waals surface area contributed by atoms with Gasteiger partial charge < -0.3 is 21.0 Å². The van der Waals surface area contributed by atoms with Gasteiger partial charge in [0.05, 0.1) is 26.1 Å². The molecule has 2 atom stereocenters. The van der Waals surface area contributed by atoms with Crippen LogP contribution in [-0.4, -0.2) is 109 Å². The zero-order valence-corrected chi connectivity index (χ0v) is 20.6. The fraction of sp³-hybridized carbons (Fsp3) is 0.550. The lowest BCUT2D eigenvalue weighted by Gasteiger charge is -2.49. The fourth-order valence-corrected chi connectivity index (χ4v) is 6.69. The molecule has 0 spiro atoms. The number of anilines is 1. The number of β-lactam (4-membered cyclic amide) rings is 1. The molecule has 2 amide bonds. The standard InChI is InChI=1S/C20H24N8O5S2/c1-33-24-12(15-23-20(21)35-25-15)16(29)22-13-17(30)28-14(19(31)32)10(9-34-18(13)28)8-27-7-3-6-26-5-2-4-11(26)27/h13,18H,2-9H2,1H3,(H3-,21,22,23,25,29,31,32)/p+1/b24-12-/t13-,18-/m1/s1. The van der Waals surface area contributed by atoms with Crippen LogP contribution in [-0.2, 0) is 19.2 Å². The molecule has 0 aliphatic carbocycles. The second-order valence-corrected chi connectivity index (χ2v) is 10.4.